The first-order valence-corrected chi connectivity index (χ1v) is 20.6. The summed E-state index contributed by atoms with van der Waals surface area (Å²) in [5, 5.41) is 21.6. The van der Waals surface area contributed by atoms with Crippen LogP contribution in [0.4, 0.5) is 34.1 Å². The highest BCUT2D eigenvalue weighted by molar-refractivity contribution is 6.22. The van der Waals surface area contributed by atoms with E-state index in [1.165, 1.54) is 14.2 Å². The van der Waals surface area contributed by atoms with Gasteiger partial charge in [0, 0.05) is 47.4 Å². The van der Waals surface area contributed by atoms with Crippen LogP contribution in [0.2, 0.25) is 0 Å². The van der Waals surface area contributed by atoms with Crippen molar-refractivity contribution in [3.63, 3.8) is 0 Å². The molecule has 8 aromatic rings. The Morgan fingerprint density at radius 1 is 0.469 bits per heavy atom. The SMILES string of the molecule is COc1c(C(=O)N(C)c2cccc(C)c2)cc2ccccc2c1N=Nc1ccc2c(c1)C(=O)c1cc(N=Nc3c(OC)c(C(=O)N(C)c4cccc(C)c4)cc4ccccc34)ccc1-2. The normalized spacial score (nSPS) is 11.9. The van der Waals surface area contributed by atoms with Crippen molar-refractivity contribution in [1.82, 2.24) is 0 Å². The maximum absolute atomic E-state index is 14.1. The molecule has 8 aromatic carbocycles. The maximum atomic E-state index is 14.1. The number of hydrogen-bond donors (Lipinski definition) is 0. The van der Waals surface area contributed by atoms with Gasteiger partial charge in [-0.15, -0.1) is 10.2 Å². The Bertz CT molecular complexity index is 3070. The number of fused-ring (bicyclic) bond motifs is 5. The number of ether oxygens (including phenoxy) is 2. The third-order valence-electron chi connectivity index (χ3n) is 11.5. The average Bonchev–Trinajstić information content (AvgIpc) is 3.60. The molecule has 2 amide bonds. The molecule has 0 saturated heterocycles. The first-order chi connectivity index (χ1) is 31.0. The minimum atomic E-state index is -0.262. The Kier molecular flexibility index (Phi) is 10.8. The average molecular weight is 843 g/mol. The molecule has 9 rings (SSSR count). The van der Waals surface area contributed by atoms with Gasteiger partial charge >= 0.3 is 0 Å². The van der Waals surface area contributed by atoms with E-state index in [-0.39, 0.29) is 29.1 Å². The molecule has 0 aromatic heterocycles. The van der Waals surface area contributed by atoms with E-state index in [4.69, 9.17) is 9.47 Å². The zero-order valence-corrected chi connectivity index (χ0v) is 36.1. The van der Waals surface area contributed by atoms with Crippen molar-refractivity contribution in [2.24, 2.45) is 20.5 Å². The lowest BCUT2D eigenvalue weighted by Crippen LogP contribution is -2.26. The van der Waals surface area contributed by atoms with Gasteiger partial charge in [0.25, 0.3) is 11.8 Å². The van der Waals surface area contributed by atoms with E-state index in [9.17, 15) is 14.4 Å². The molecule has 1 aliphatic rings. The summed E-state index contributed by atoms with van der Waals surface area (Å²) >= 11 is 0. The van der Waals surface area contributed by atoms with Gasteiger partial charge in [-0.25, -0.2) is 0 Å². The first-order valence-electron chi connectivity index (χ1n) is 20.6. The van der Waals surface area contributed by atoms with Gasteiger partial charge in [-0.05, 0) is 108 Å². The topological polar surface area (TPSA) is 126 Å². The minimum absolute atomic E-state index is 0.191. The lowest BCUT2D eigenvalue weighted by atomic mass is 10.0. The van der Waals surface area contributed by atoms with Gasteiger partial charge in [0.1, 0.15) is 11.4 Å². The highest BCUT2D eigenvalue weighted by Crippen LogP contribution is 2.45. The molecule has 0 atom stereocenters. The Labute approximate surface area is 369 Å². The zero-order chi connectivity index (χ0) is 44.6. The number of methoxy groups -OCH3 is 2. The third kappa shape index (κ3) is 7.42. The van der Waals surface area contributed by atoms with E-state index in [0.29, 0.717) is 45.0 Å². The fraction of sp³-hybridized carbons (Fsp3) is 0.113. The summed E-state index contributed by atoms with van der Waals surface area (Å²) in [6, 6.07) is 45.0. The number of hydrogen-bond acceptors (Lipinski definition) is 9. The van der Waals surface area contributed by atoms with Gasteiger partial charge in [-0.1, -0.05) is 84.9 Å². The Hall–Kier alpha value is -8.31. The number of rotatable bonds is 10. The fourth-order valence-corrected chi connectivity index (χ4v) is 8.21. The number of nitrogens with zero attached hydrogens (tertiary/aromatic N) is 6. The van der Waals surface area contributed by atoms with Crippen LogP contribution in [0.5, 0.6) is 11.5 Å². The van der Waals surface area contributed by atoms with Crippen molar-refractivity contribution < 1.29 is 23.9 Å². The Balaban J connectivity index is 1.02. The van der Waals surface area contributed by atoms with E-state index in [2.05, 4.69) is 20.5 Å². The molecule has 0 heterocycles. The summed E-state index contributed by atoms with van der Waals surface area (Å²) in [6.07, 6.45) is 0. The van der Waals surface area contributed by atoms with Gasteiger partial charge in [-0.2, -0.15) is 10.2 Å². The molecule has 1 aliphatic carbocycles. The highest BCUT2D eigenvalue weighted by Gasteiger charge is 2.29. The van der Waals surface area contributed by atoms with E-state index in [1.54, 1.807) is 48.2 Å². The fourth-order valence-electron chi connectivity index (χ4n) is 8.21. The molecule has 0 radical (unpaired) electrons. The molecule has 11 heteroatoms. The van der Waals surface area contributed by atoms with Crippen molar-refractivity contribution in [3.8, 4) is 22.6 Å². The summed E-state index contributed by atoms with van der Waals surface area (Å²) in [4.78, 5) is 45.3. The van der Waals surface area contributed by atoms with Crippen LogP contribution in [-0.2, 0) is 0 Å². The van der Waals surface area contributed by atoms with Crippen molar-refractivity contribution >= 4 is 73.3 Å². The smallest absolute Gasteiger partial charge is 0.261 e. The van der Waals surface area contributed by atoms with E-state index >= 15 is 0 Å². The number of ketones is 1. The minimum Gasteiger partial charge on any atom is -0.494 e. The largest absolute Gasteiger partial charge is 0.494 e. The summed E-state index contributed by atoms with van der Waals surface area (Å²) in [5.74, 6) is -0.137. The number of carbonyl (C=O) groups excluding carboxylic acids is 3. The van der Waals surface area contributed by atoms with Crippen LogP contribution in [0.1, 0.15) is 47.8 Å². The monoisotopic (exact) mass is 842 g/mol. The molecule has 0 fully saturated rings. The van der Waals surface area contributed by atoms with E-state index in [1.807, 2.05) is 135 Å². The molecular formula is C53H42N6O5. The molecule has 0 aliphatic heterocycles. The van der Waals surface area contributed by atoms with Gasteiger partial charge in [0.2, 0.25) is 0 Å². The number of anilines is 2. The van der Waals surface area contributed by atoms with Crippen LogP contribution in [0.15, 0.2) is 166 Å². The van der Waals surface area contributed by atoms with Gasteiger partial charge in [-0.3, -0.25) is 14.4 Å². The van der Waals surface area contributed by atoms with Gasteiger partial charge in [0.15, 0.2) is 17.3 Å². The number of benzene rings is 8. The second kappa shape index (κ2) is 16.9. The highest BCUT2D eigenvalue weighted by atomic mass is 16.5. The van der Waals surface area contributed by atoms with Crippen LogP contribution in [-0.4, -0.2) is 45.9 Å². The summed E-state index contributed by atoms with van der Waals surface area (Å²) < 4.78 is 11.8. The van der Waals surface area contributed by atoms with Crippen molar-refractivity contribution in [1.29, 1.82) is 0 Å². The molecule has 64 heavy (non-hydrogen) atoms. The summed E-state index contributed by atoms with van der Waals surface area (Å²) in [6.45, 7) is 3.96. The third-order valence-corrected chi connectivity index (χ3v) is 11.5. The number of aryl methyl sites for hydroxylation is 2. The van der Waals surface area contributed by atoms with Crippen LogP contribution in [0.3, 0.4) is 0 Å². The van der Waals surface area contributed by atoms with Gasteiger partial charge in [0.05, 0.1) is 36.7 Å². The molecule has 11 nitrogen and oxygen atoms in total. The molecular weight excluding hydrogens is 801 g/mol. The maximum Gasteiger partial charge on any atom is 0.261 e. The van der Waals surface area contributed by atoms with Crippen LogP contribution in [0, 0.1) is 13.8 Å². The molecule has 0 spiro atoms. The van der Waals surface area contributed by atoms with Crippen molar-refractivity contribution in [2.45, 2.75) is 13.8 Å². The van der Waals surface area contributed by atoms with Crippen LogP contribution in [0.25, 0.3) is 32.7 Å². The predicted molar refractivity (Wildman–Crippen MR) is 252 cm³/mol. The zero-order valence-electron chi connectivity index (χ0n) is 36.1. The van der Waals surface area contributed by atoms with Crippen LogP contribution < -0.4 is 19.3 Å². The Morgan fingerprint density at radius 3 is 1.30 bits per heavy atom. The van der Waals surface area contributed by atoms with Crippen molar-refractivity contribution in [3.05, 3.63) is 179 Å². The quantitative estimate of drug-likeness (QED) is 0.127. The number of azo groups is 2. The first kappa shape index (κ1) is 41.1. The van der Waals surface area contributed by atoms with Crippen LogP contribution >= 0.6 is 0 Å². The predicted octanol–water partition coefficient (Wildman–Crippen LogP) is 13.2. The second-order valence-corrected chi connectivity index (χ2v) is 15.6. The summed E-state index contributed by atoms with van der Waals surface area (Å²) in [5.41, 5.74) is 8.37. The second-order valence-electron chi connectivity index (χ2n) is 15.6. The van der Waals surface area contributed by atoms with Gasteiger partial charge < -0.3 is 19.3 Å². The molecule has 0 unspecified atom stereocenters. The van der Waals surface area contributed by atoms with Crippen molar-refractivity contribution in [2.75, 3.05) is 38.1 Å². The summed E-state index contributed by atoms with van der Waals surface area (Å²) in [7, 11) is 6.48. The lowest BCUT2D eigenvalue weighted by molar-refractivity contribution is 0.0982. The van der Waals surface area contributed by atoms with E-state index < -0.39 is 0 Å². The molecule has 0 saturated carbocycles. The standard InChI is InChI=1S/C53H42N6O5/c1-31-13-11-17-37(25-31)58(3)52(61)45-27-33-15-7-9-19-39(33)47(50(45)63-5)56-54-35-21-23-41-42-24-22-36(30-44(42)49(60)43(41)29-35)55-57-48-40-20-10-8-16-34(40)28-46(51(48)64-6)53(62)59(4)38-18-12-14-32(2)26-38/h7-30H,1-6H3. The number of carbonyl (C=O) groups is 3. The molecule has 0 bridgehead atoms. The molecule has 0 N–H and O–H groups in total. The Morgan fingerprint density at radius 2 is 0.891 bits per heavy atom. The number of amides is 2. The van der Waals surface area contributed by atoms with E-state index in [0.717, 1.165) is 55.2 Å². The molecule has 314 valence electrons. The lowest BCUT2D eigenvalue weighted by Gasteiger charge is -2.20.